The van der Waals surface area contributed by atoms with Gasteiger partial charge in [0.25, 0.3) is 5.91 Å². The summed E-state index contributed by atoms with van der Waals surface area (Å²) in [7, 11) is -3.56. The van der Waals surface area contributed by atoms with Gasteiger partial charge in [-0.1, -0.05) is 30.3 Å². The van der Waals surface area contributed by atoms with Crippen molar-refractivity contribution in [1.82, 2.24) is 25.8 Å². The Hall–Kier alpha value is -4.00. The third-order valence-corrected chi connectivity index (χ3v) is 7.24. The zero-order valence-corrected chi connectivity index (χ0v) is 21.8. The first-order valence-electron chi connectivity index (χ1n) is 11.8. The van der Waals surface area contributed by atoms with Gasteiger partial charge in [0.05, 0.1) is 24.0 Å². The molecule has 1 saturated heterocycles. The summed E-state index contributed by atoms with van der Waals surface area (Å²) in [4.78, 5) is 34.6. The fourth-order valence-electron chi connectivity index (χ4n) is 4.50. The van der Waals surface area contributed by atoms with Crippen LogP contribution in [0.3, 0.4) is 0 Å². The van der Waals surface area contributed by atoms with Gasteiger partial charge < -0.3 is 10.1 Å². The molecule has 2 aromatic carbocycles. The summed E-state index contributed by atoms with van der Waals surface area (Å²) >= 11 is 0. The first-order valence-corrected chi connectivity index (χ1v) is 13.7. The van der Waals surface area contributed by atoms with Crippen molar-refractivity contribution in [3.8, 4) is 5.75 Å². The predicted molar refractivity (Wildman–Crippen MR) is 139 cm³/mol. The van der Waals surface area contributed by atoms with Crippen molar-refractivity contribution in [2.45, 2.75) is 31.6 Å². The van der Waals surface area contributed by atoms with Crippen molar-refractivity contribution < 1.29 is 27.6 Å². The molecular formula is C26H27N5O6S. The molecule has 5 rings (SSSR count). The van der Waals surface area contributed by atoms with Crippen LogP contribution >= 0.6 is 0 Å². The van der Waals surface area contributed by atoms with Gasteiger partial charge in [-0.05, 0) is 49.8 Å². The quantitative estimate of drug-likeness (QED) is 0.319. The summed E-state index contributed by atoms with van der Waals surface area (Å²) in [5, 5.41) is 5.78. The monoisotopic (exact) mass is 537 g/mol. The Bertz CT molecular complexity index is 1570. The van der Waals surface area contributed by atoms with Crippen LogP contribution in [0.25, 0.3) is 10.9 Å². The molecule has 0 aliphatic carbocycles. The number of pyridine rings is 1. The second-order valence-corrected chi connectivity index (χ2v) is 11.4. The largest absolute Gasteiger partial charge is 0.489 e. The molecule has 0 radical (unpaired) electrons. The molecule has 0 bridgehead atoms. The zero-order valence-electron chi connectivity index (χ0n) is 21.0. The molecule has 0 spiro atoms. The second-order valence-electron chi connectivity index (χ2n) is 9.53. The smallest absolute Gasteiger partial charge is 0.322 e. The van der Waals surface area contributed by atoms with Crippen LogP contribution < -0.4 is 25.6 Å². The van der Waals surface area contributed by atoms with E-state index in [0.717, 1.165) is 28.4 Å². The number of amides is 3. The van der Waals surface area contributed by atoms with Gasteiger partial charge in [0.1, 0.15) is 12.4 Å². The molecule has 3 aromatic rings. The Balaban J connectivity index is 1.41. The number of fused-ring (bicyclic) bond motifs is 1. The Morgan fingerprint density at radius 2 is 1.84 bits per heavy atom. The highest BCUT2D eigenvalue weighted by Gasteiger charge is 2.50. The summed E-state index contributed by atoms with van der Waals surface area (Å²) < 4.78 is 32.3. The van der Waals surface area contributed by atoms with E-state index in [1.807, 2.05) is 37.3 Å². The van der Waals surface area contributed by atoms with Crippen molar-refractivity contribution >= 4 is 32.9 Å². The van der Waals surface area contributed by atoms with Crippen LogP contribution in [0.15, 0.2) is 66.4 Å². The molecule has 3 amide bonds. The molecule has 1 fully saturated rings. The maximum absolute atomic E-state index is 12.4. The van der Waals surface area contributed by atoms with Crippen LogP contribution in [0.2, 0.25) is 0 Å². The standard InChI is InChI=1S/C26H27N5O6S/c1-16-12-17(20-6-4-5-7-21(20)28-16)14-36-19-10-8-18(9-11-19)26(15-27-38(3,34)35)13-22(31-37-26)25(2)23(32)29-24(33)30-25/h4-13,27,31H,14-15H2,1-3H3,(H2,29,30,32,33). The number of sulfonamides is 1. The third-order valence-electron chi connectivity index (χ3n) is 6.57. The van der Waals surface area contributed by atoms with E-state index < -0.39 is 33.1 Å². The van der Waals surface area contributed by atoms with E-state index in [0.29, 0.717) is 17.9 Å². The average Bonchev–Trinajstić information content (AvgIpc) is 3.43. The van der Waals surface area contributed by atoms with Gasteiger partial charge in [-0.3, -0.25) is 25.4 Å². The number of hydroxylamine groups is 1. The van der Waals surface area contributed by atoms with E-state index in [1.165, 1.54) is 6.92 Å². The number of urea groups is 1. The molecule has 198 valence electrons. The van der Waals surface area contributed by atoms with Gasteiger partial charge in [-0.2, -0.15) is 0 Å². The molecular weight excluding hydrogens is 510 g/mol. The van der Waals surface area contributed by atoms with Gasteiger partial charge >= 0.3 is 6.03 Å². The molecule has 12 heteroatoms. The van der Waals surface area contributed by atoms with Gasteiger partial charge in [0.2, 0.25) is 10.0 Å². The van der Waals surface area contributed by atoms with Crippen molar-refractivity contribution in [2.75, 3.05) is 12.8 Å². The first-order chi connectivity index (χ1) is 18.0. The van der Waals surface area contributed by atoms with Crippen LogP contribution in [-0.4, -0.2) is 43.7 Å². The Morgan fingerprint density at radius 3 is 2.53 bits per heavy atom. The van der Waals surface area contributed by atoms with E-state index >= 15 is 0 Å². The lowest BCUT2D eigenvalue weighted by atomic mass is 9.89. The van der Waals surface area contributed by atoms with Crippen molar-refractivity contribution in [1.29, 1.82) is 0 Å². The van der Waals surface area contributed by atoms with Crippen LogP contribution in [0.1, 0.15) is 23.7 Å². The fraction of sp³-hybridized carbons (Fsp3) is 0.269. The van der Waals surface area contributed by atoms with Gasteiger partial charge in [0.15, 0.2) is 11.1 Å². The minimum Gasteiger partial charge on any atom is -0.489 e. The molecule has 38 heavy (non-hydrogen) atoms. The summed E-state index contributed by atoms with van der Waals surface area (Å²) in [6.45, 7) is 3.64. The molecule has 3 heterocycles. The van der Waals surface area contributed by atoms with E-state index in [1.54, 1.807) is 30.3 Å². The number of rotatable bonds is 8. The number of carbonyl (C=O) groups excluding carboxylic acids is 2. The topological polar surface area (TPSA) is 148 Å². The van der Waals surface area contributed by atoms with Crippen molar-refractivity contribution in [3.05, 3.63) is 83.2 Å². The number of para-hydroxylation sites is 1. The van der Waals surface area contributed by atoms with Crippen molar-refractivity contribution in [3.63, 3.8) is 0 Å². The number of nitrogens with zero attached hydrogens (tertiary/aromatic N) is 1. The maximum atomic E-state index is 12.4. The SMILES string of the molecule is Cc1cc(COc2ccc(C3(CNS(C)(=O)=O)C=C(C4(C)NC(=O)NC4=O)NO3)cc2)c2ccccc2n1. The number of aromatic nitrogens is 1. The van der Waals surface area contributed by atoms with E-state index in [9.17, 15) is 18.0 Å². The molecule has 2 aliphatic rings. The summed E-state index contributed by atoms with van der Waals surface area (Å²) in [6.07, 6.45) is 2.64. The number of imide groups is 1. The number of aryl methyl sites for hydroxylation is 1. The Labute approximate surface area is 219 Å². The van der Waals surface area contributed by atoms with Crippen molar-refractivity contribution in [2.24, 2.45) is 0 Å². The number of hydrogen-bond acceptors (Lipinski definition) is 8. The molecule has 2 unspecified atom stereocenters. The molecule has 2 aliphatic heterocycles. The lowest BCUT2D eigenvalue weighted by Crippen LogP contribution is -2.48. The Morgan fingerprint density at radius 1 is 1.11 bits per heavy atom. The molecule has 1 aromatic heterocycles. The van der Waals surface area contributed by atoms with Crippen LogP contribution in [-0.2, 0) is 31.9 Å². The fourth-order valence-corrected chi connectivity index (χ4v) is 4.97. The highest BCUT2D eigenvalue weighted by molar-refractivity contribution is 7.88. The Kier molecular flexibility index (Phi) is 6.33. The number of benzene rings is 2. The van der Waals surface area contributed by atoms with Gasteiger partial charge in [-0.25, -0.2) is 17.9 Å². The maximum Gasteiger partial charge on any atom is 0.322 e. The molecule has 11 nitrogen and oxygen atoms in total. The third kappa shape index (κ3) is 4.93. The number of hydrogen-bond donors (Lipinski definition) is 4. The lowest BCUT2D eigenvalue weighted by Gasteiger charge is -2.26. The summed E-state index contributed by atoms with van der Waals surface area (Å²) in [5.41, 5.74) is 3.68. The first kappa shape index (κ1) is 25.6. The average molecular weight is 538 g/mol. The second kappa shape index (κ2) is 9.39. The molecule has 2 atom stereocenters. The minimum absolute atomic E-state index is 0.156. The summed E-state index contributed by atoms with van der Waals surface area (Å²) in [6, 6.07) is 16.3. The molecule has 0 saturated carbocycles. The summed E-state index contributed by atoms with van der Waals surface area (Å²) in [5.74, 6) is 0.0439. The normalized spacial score (nSPS) is 23.1. The molecule has 4 N–H and O–H groups in total. The highest BCUT2D eigenvalue weighted by Crippen LogP contribution is 2.36. The van der Waals surface area contributed by atoms with E-state index in [2.05, 4.69) is 25.8 Å². The van der Waals surface area contributed by atoms with Crippen LogP contribution in [0.5, 0.6) is 5.75 Å². The minimum atomic E-state index is -3.56. The van der Waals surface area contributed by atoms with Gasteiger partial charge in [-0.15, -0.1) is 0 Å². The van der Waals surface area contributed by atoms with E-state index in [4.69, 9.17) is 9.57 Å². The van der Waals surface area contributed by atoms with Crippen LogP contribution in [0.4, 0.5) is 4.79 Å². The lowest BCUT2D eigenvalue weighted by molar-refractivity contribution is -0.123. The number of nitrogens with one attached hydrogen (secondary N) is 4. The highest BCUT2D eigenvalue weighted by atomic mass is 32.2. The van der Waals surface area contributed by atoms with E-state index in [-0.39, 0.29) is 12.2 Å². The van der Waals surface area contributed by atoms with Crippen LogP contribution in [0, 0.1) is 6.92 Å². The zero-order chi connectivity index (χ0) is 27.1. The number of ether oxygens (including phenoxy) is 1. The van der Waals surface area contributed by atoms with Gasteiger partial charge in [0, 0.05) is 16.6 Å². The predicted octanol–water partition coefficient (Wildman–Crippen LogP) is 1.88. The number of carbonyl (C=O) groups is 2.